The molecule has 1 aromatic heterocycles. The quantitative estimate of drug-likeness (QED) is 0.785. The van der Waals surface area contributed by atoms with Crippen LogP contribution < -0.4 is 0 Å². The van der Waals surface area contributed by atoms with Crippen molar-refractivity contribution in [2.75, 3.05) is 0 Å². The lowest BCUT2D eigenvalue weighted by Gasteiger charge is -2.08. The number of carbonyl (C=O) groups is 1. The highest BCUT2D eigenvalue weighted by Crippen LogP contribution is 2.40. The maximum Gasteiger partial charge on any atom is 0.248 e. The number of nitrogens with one attached hydrogen (secondary N) is 1. The largest absolute Gasteiger partial charge is 0.342 e. The molecule has 1 aliphatic carbocycles. The Morgan fingerprint density at radius 3 is 3.00 bits per heavy atom. The fourth-order valence-corrected chi connectivity index (χ4v) is 1.99. The van der Waals surface area contributed by atoms with Gasteiger partial charge in [-0.3, -0.25) is 4.79 Å². The Balaban J connectivity index is 1.91. The third-order valence-electron chi connectivity index (χ3n) is 2.74. The van der Waals surface area contributed by atoms with Crippen LogP contribution in [0, 0.1) is 5.92 Å². The van der Waals surface area contributed by atoms with E-state index in [0.717, 1.165) is 0 Å². The SMILES string of the molecule is O=C(CC1CCC(F)(F)C1)c1ncc[nH]1. The van der Waals surface area contributed by atoms with Crippen LogP contribution in [0.3, 0.4) is 0 Å². The van der Waals surface area contributed by atoms with Crippen molar-refractivity contribution < 1.29 is 13.6 Å². The van der Waals surface area contributed by atoms with E-state index in [0.29, 0.717) is 6.42 Å². The Labute approximate surface area is 85.9 Å². The summed E-state index contributed by atoms with van der Waals surface area (Å²) in [6, 6.07) is 0. The molecular formula is C10H12F2N2O. The maximum absolute atomic E-state index is 12.9. The lowest BCUT2D eigenvalue weighted by atomic mass is 10.0. The molecule has 1 saturated carbocycles. The number of aromatic nitrogens is 2. The molecule has 0 radical (unpaired) electrons. The summed E-state index contributed by atoms with van der Waals surface area (Å²) in [5, 5.41) is 0. The number of Topliss-reactive ketones (excluding diaryl/α,β-unsaturated/α-hetero) is 1. The number of nitrogens with zero attached hydrogens (tertiary/aromatic N) is 1. The minimum Gasteiger partial charge on any atom is -0.342 e. The standard InChI is InChI=1S/C10H12F2N2O/c11-10(12)2-1-7(6-10)5-8(15)9-13-3-4-14-9/h3-4,7H,1-2,5-6H2,(H,13,14). The van der Waals surface area contributed by atoms with Crippen LogP contribution in [0.5, 0.6) is 0 Å². The third-order valence-corrected chi connectivity index (χ3v) is 2.74. The van der Waals surface area contributed by atoms with E-state index in [4.69, 9.17) is 0 Å². The molecule has 5 heteroatoms. The zero-order valence-corrected chi connectivity index (χ0v) is 8.17. The third kappa shape index (κ3) is 2.40. The average Bonchev–Trinajstić information content (AvgIpc) is 2.74. The smallest absolute Gasteiger partial charge is 0.248 e. The van der Waals surface area contributed by atoms with Crippen LogP contribution in [0.15, 0.2) is 12.4 Å². The van der Waals surface area contributed by atoms with Gasteiger partial charge in [0.2, 0.25) is 5.92 Å². The predicted octanol–water partition coefficient (Wildman–Crippen LogP) is 2.42. The summed E-state index contributed by atoms with van der Waals surface area (Å²) in [5.74, 6) is -2.68. The molecule has 0 spiro atoms. The van der Waals surface area contributed by atoms with Gasteiger partial charge in [0.1, 0.15) is 0 Å². The Kier molecular flexibility index (Phi) is 2.54. The molecule has 1 unspecified atom stereocenters. The van der Waals surface area contributed by atoms with Gasteiger partial charge < -0.3 is 4.98 Å². The lowest BCUT2D eigenvalue weighted by molar-refractivity contribution is 0.00496. The molecule has 3 nitrogen and oxygen atoms in total. The van der Waals surface area contributed by atoms with Gasteiger partial charge in [0, 0.05) is 31.7 Å². The van der Waals surface area contributed by atoms with E-state index in [1.165, 1.54) is 6.20 Å². The molecule has 1 N–H and O–H groups in total. The summed E-state index contributed by atoms with van der Waals surface area (Å²) in [4.78, 5) is 18.0. The number of H-pyrrole nitrogens is 1. The van der Waals surface area contributed by atoms with Gasteiger partial charge in [0.15, 0.2) is 11.6 Å². The molecule has 15 heavy (non-hydrogen) atoms. The first-order valence-corrected chi connectivity index (χ1v) is 4.97. The molecule has 0 aliphatic heterocycles. The van der Waals surface area contributed by atoms with E-state index in [9.17, 15) is 13.6 Å². The summed E-state index contributed by atoms with van der Waals surface area (Å²) >= 11 is 0. The molecule has 1 atom stereocenters. The first-order valence-electron chi connectivity index (χ1n) is 4.97. The molecule has 1 aliphatic rings. The second kappa shape index (κ2) is 3.72. The zero-order chi connectivity index (χ0) is 10.9. The highest BCUT2D eigenvalue weighted by atomic mass is 19.3. The number of ketones is 1. The summed E-state index contributed by atoms with van der Waals surface area (Å²) in [6.45, 7) is 0. The van der Waals surface area contributed by atoms with E-state index in [-0.39, 0.29) is 36.8 Å². The summed E-state index contributed by atoms with van der Waals surface area (Å²) < 4.78 is 25.7. The van der Waals surface area contributed by atoms with Crippen LogP contribution in [0.2, 0.25) is 0 Å². The molecule has 0 saturated heterocycles. The number of hydrogen-bond acceptors (Lipinski definition) is 2. The molecule has 0 amide bonds. The van der Waals surface area contributed by atoms with Crippen molar-refractivity contribution >= 4 is 5.78 Å². The van der Waals surface area contributed by atoms with Crippen LogP contribution in [0.25, 0.3) is 0 Å². The summed E-state index contributed by atoms with van der Waals surface area (Å²) in [6.07, 6.45) is 3.37. The van der Waals surface area contributed by atoms with Gasteiger partial charge in [-0.15, -0.1) is 0 Å². The molecule has 0 aromatic carbocycles. The average molecular weight is 214 g/mol. The summed E-state index contributed by atoms with van der Waals surface area (Å²) in [7, 11) is 0. The van der Waals surface area contributed by atoms with Gasteiger partial charge in [-0.1, -0.05) is 0 Å². The maximum atomic E-state index is 12.9. The van der Waals surface area contributed by atoms with E-state index >= 15 is 0 Å². The van der Waals surface area contributed by atoms with Gasteiger partial charge in [0.25, 0.3) is 0 Å². The number of rotatable bonds is 3. The number of carbonyl (C=O) groups excluding carboxylic acids is 1. The van der Waals surface area contributed by atoms with Crippen LogP contribution >= 0.6 is 0 Å². The van der Waals surface area contributed by atoms with Gasteiger partial charge in [-0.05, 0) is 12.3 Å². The Morgan fingerprint density at radius 2 is 2.47 bits per heavy atom. The van der Waals surface area contributed by atoms with Crippen LogP contribution in [-0.2, 0) is 0 Å². The Hall–Kier alpha value is -1.26. The van der Waals surface area contributed by atoms with Crippen molar-refractivity contribution in [1.29, 1.82) is 0 Å². The minimum atomic E-state index is -2.58. The van der Waals surface area contributed by atoms with Crippen molar-refractivity contribution in [3.8, 4) is 0 Å². The monoisotopic (exact) mass is 214 g/mol. The molecule has 1 aromatic rings. The molecule has 82 valence electrons. The molecular weight excluding hydrogens is 202 g/mol. The van der Waals surface area contributed by atoms with E-state index in [1.807, 2.05) is 0 Å². The van der Waals surface area contributed by atoms with Crippen LogP contribution in [-0.4, -0.2) is 21.7 Å². The first kappa shape index (κ1) is 10.3. The summed E-state index contributed by atoms with van der Waals surface area (Å²) in [5.41, 5.74) is 0. The second-order valence-corrected chi connectivity index (χ2v) is 4.03. The number of hydrogen-bond donors (Lipinski definition) is 1. The normalized spacial score (nSPS) is 24.3. The zero-order valence-electron chi connectivity index (χ0n) is 8.17. The number of imidazole rings is 1. The number of halogens is 2. The van der Waals surface area contributed by atoms with Crippen molar-refractivity contribution in [3.05, 3.63) is 18.2 Å². The van der Waals surface area contributed by atoms with E-state index in [2.05, 4.69) is 9.97 Å². The van der Waals surface area contributed by atoms with Gasteiger partial charge in [-0.2, -0.15) is 0 Å². The molecule has 0 bridgehead atoms. The predicted molar refractivity (Wildman–Crippen MR) is 49.8 cm³/mol. The van der Waals surface area contributed by atoms with Crippen LogP contribution in [0.1, 0.15) is 36.3 Å². The van der Waals surface area contributed by atoms with Crippen molar-refractivity contribution in [1.82, 2.24) is 9.97 Å². The molecule has 1 heterocycles. The second-order valence-electron chi connectivity index (χ2n) is 4.03. The van der Waals surface area contributed by atoms with E-state index in [1.54, 1.807) is 6.20 Å². The fourth-order valence-electron chi connectivity index (χ4n) is 1.99. The molecule has 2 rings (SSSR count). The van der Waals surface area contributed by atoms with Crippen molar-refractivity contribution in [2.24, 2.45) is 5.92 Å². The topological polar surface area (TPSA) is 45.8 Å². The number of aromatic amines is 1. The van der Waals surface area contributed by atoms with Gasteiger partial charge in [-0.25, -0.2) is 13.8 Å². The van der Waals surface area contributed by atoms with Crippen molar-refractivity contribution in [3.63, 3.8) is 0 Å². The highest BCUT2D eigenvalue weighted by Gasteiger charge is 2.40. The van der Waals surface area contributed by atoms with Crippen molar-refractivity contribution in [2.45, 2.75) is 31.6 Å². The van der Waals surface area contributed by atoms with Gasteiger partial charge in [0.05, 0.1) is 0 Å². The Morgan fingerprint density at radius 1 is 1.67 bits per heavy atom. The van der Waals surface area contributed by atoms with E-state index < -0.39 is 5.92 Å². The first-order chi connectivity index (χ1) is 7.07. The van der Waals surface area contributed by atoms with Gasteiger partial charge >= 0.3 is 0 Å². The minimum absolute atomic E-state index is 0.0941. The lowest BCUT2D eigenvalue weighted by Crippen LogP contribution is -2.12. The fraction of sp³-hybridized carbons (Fsp3) is 0.600. The Bertz CT molecular complexity index is 348. The van der Waals surface area contributed by atoms with Crippen LogP contribution in [0.4, 0.5) is 8.78 Å². The molecule has 1 fully saturated rings. The number of alkyl halides is 2. The highest BCUT2D eigenvalue weighted by molar-refractivity contribution is 5.92.